The van der Waals surface area contributed by atoms with Crippen LogP contribution in [0.1, 0.15) is 19.8 Å². The van der Waals surface area contributed by atoms with E-state index >= 15 is 0 Å². The lowest BCUT2D eigenvalue weighted by Crippen LogP contribution is -2.10. The molecule has 78 valence electrons. The molecule has 13 heavy (non-hydrogen) atoms. The molecule has 0 radical (unpaired) electrons. The number of hydrogen-bond donors (Lipinski definition) is 1. The minimum Gasteiger partial charge on any atom is -0.381 e. The highest BCUT2D eigenvalue weighted by atomic mass is 32.2. The molecule has 0 aliphatic rings. The van der Waals surface area contributed by atoms with Crippen LogP contribution in [-0.4, -0.2) is 33.1 Å². The fraction of sp³-hybridized carbons (Fsp3) is 0.800. The van der Waals surface area contributed by atoms with E-state index in [9.17, 15) is 0 Å². The van der Waals surface area contributed by atoms with Gasteiger partial charge in [-0.3, -0.25) is 0 Å². The molecule has 0 spiro atoms. The van der Waals surface area contributed by atoms with Gasteiger partial charge in [0.25, 0.3) is 0 Å². The summed E-state index contributed by atoms with van der Waals surface area (Å²) in [7, 11) is 1.96. The Morgan fingerprint density at radius 3 is 2.77 bits per heavy atom. The highest BCUT2D eigenvalue weighted by Gasteiger charge is 1.93. The van der Waals surface area contributed by atoms with Crippen molar-refractivity contribution in [1.82, 2.24) is 5.32 Å². The minimum absolute atomic E-state index is 0.851. The van der Waals surface area contributed by atoms with Gasteiger partial charge in [0, 0.05) is 13.0 Å². The maximum absolute atomic E-state index is 5.48. The zero-order chi connectivity index (χ0) is 9.94. The van der Waals surface area contributed by atoms with Gasteiger partial charge in [0.05, 0.1) is 6.61 Å². The summed E-state index contributed by atoms with van der Waals surface area (Å²) < 4.78 is 5.48. The smallest absolute Gasteiger partial charge is 0.0511 e. The second kappa shape index (κ2) is 10.1. The Kier molecular flexibility index (Phi) is 10.1. The zero-order valence-electron chi connectivity index (χ0n) is 8.93. The largest absolute Gasteiger partial charge is 0.381 e. The number of hydrogen-bond acceptors (Lipinski definition) is 3. The van der Waals surface area contributed by atoms with E-state index in [1.54, 1.807) is 11.8 Å². The van der Waals surface area contributed by atoms with Crippen molar-refractivity contribution in [2.75, 3.05) is 33.1 Å². The SMILES string of the molecule is C/C=C(/CCOCCCNC)SC. The summed E-state index contributed by atoms with van der Waals surface area (Å²) in [5, 5.41) is 3.09. The molecular formula is C10H21NOS. The molecule has 0 rings (SSSR count). The molecule has 0 amide bonds. The number of rotatable bonds is 8. The van der Waals surface area contributed by atoms with Gasteiger partial charge in [-0.25, -0.2) is 0 Å². The molecule has 2 nitrogen and oxygen atoms in total. The van der Waals surface area contributed by atoms with E-state index in [-0.39, 0.29) is 0 Å². The fourth-order valence-electron chi connectivity index (χ4n) is 0.990. The summed E-state index contributed by atoms with van der Waals surface area (Å²) in [5.41, 5.74) is 0. The maximum atomic E-state index is 5.48. The second-order valence-electron chi connectivity index (χ2n) is 2.78. The van der Waals surface area contributed by atoms with E-state index in [0.29, 0.717) is 0 Å². The molecule has 0 unspecified atom stereocenters. The minimum atomic E-state index is 0.851. The van der Waals surface area contributed by atoms with Crippen molar-refractivity contribution < 1.29 is 4.74 Å². The molecule has 3 heteroatoms. The van der Waals surface area contributed by atoms with Crippen LogP contribution in [0.25, 0.3) is 0 Å². The van der Waals surface area contributed by atoms with Crippen molar-refractivity contribution >= 4 is 11.8 Å². The number of nitrogens with one attached hydrogen (secondary N) is 1. The molecule has 0 saturated heterocycles. The van der Waals surface area contributed by atoms with Crippen LogP contribution < -0.4 is 5.32 Å². The van der Waals surface area contributed by atoms with Gasteiger partial charge in [-0.1, -0.05) is 6.08 Å². The number of thioether (sulfide) groups is 1. The first kappa shape index (κ1) is 13.0. The Morgan fingerprint density at radius 1 is 1.46 bits per heavy atom. The maximum Gasteiger partial charge on any atom is 0.0511 e. The highest BCUT2D eigenvalue weighted by molar-refractivity contribution is 8.02. The monoisotopic (exact) mass is 203 g/mol. The average molecular weight is 203 g/mol. The molecule has 0 aliphatic carbocycles. The summed E-state index contributed by atoms with van der Waals surface area (Å²) >= 11 is 1.81. The van der Waals surface area contributed by atoms with E-state index in [2.05, 4.69) is 24.6 Å². The van der Waals surface area contributed by atoms with Gasteiger partial charge in [0.2, 0.25) is 0 Å². The summed E-state index contributed by atoms with van der Waals surface area (Å²) in [5.74, 6) is 0. The molecule has 0 fully saturated rings. The molecular weight excluding hydrogens is 182 g/mol. The van der Waals surface area contributed by atoms with Crippen LogP contribution in [-0.2, 0) is 4.74 Å². The predicted molar refractivity (Wildman–Crippen MR) is 61.3 cm³/mol. The molecule has 0 aromatic carbocycles. The summed E-state index contributed by atoms with van der Waals surface area (Å²) in [4.78, 5) is 1.41. The third-order valence-corrected chi connectivity index (χ3v) is 2.76. The van der Waals surface area contributed by atoms with Crippen molar-refractivity contribution in [3.05, 3.63) is 11.0 Å². The van der Waals surface area contributed by atoms with Crippen LogP contribution in [0.2, 0.25) is 0 Å². The molecule has 0 saturated carbocycles. The van der Waals surface area contributed by atoms with E-state index in [1.807, 2.05) is 7.05 Å². The highest BCUT2D eigenvalue weighted by Crippen LogP contribution is 2.14. The average Bonchev–Trinajstić information content (AvgIpc) is 2.17. The Balaban J connectivity index is 3.15. The first-order chi connectivity index (χ1) is 6.35. The summed E-state index contributed by atoms with van der Waals surface area (Å²) in [6, 6.07) is 0. The van der Waals surface area contributed by atoms with Crippen molar-refractivity contribution in [1.29, 1.82) is 0 Å². The first-order valence-electron chi connectivity index (χ1n) is 4.76. The van der Waals surface area contributed by atoms with E-state index < -0.39 is 0 Å². The summed E-state index contributed by atoms with van der Waals surface area (Å²) in [6.45, 7) is 4.84. The third-order valence-electron chi connectivity index (χ3n) is 1.79. The second-order valence-corrected chi connectivity index (χ2v) is 3.71. The lowest BCUT2D eigenvalue weighted by atomic mass is 10.4. The third kappa shape index (κ3) is 8.34. The first-order valence-corrected chi connectivity index (χ1v) is 5.99. The fourth-order valence-corrected chi connectivity index (χ4v) is 1.51. The van der Waals surface area contributed by atoms with Gasteiger partial charge in [-0.05, 0) is 38.1 Å². The summed E-state index contributed by atoms with van der Waals surface area (Å²) in [6.07, 6.45) is 6.41. The predicted octanol–water partition coefficient (Wildman–Crippen LogP) is 2.27. The quantitative estimate of drug-likeness (QED) is 0.611. The molecule has 0 aliphatic heterocycles. The molecule has 0 bridgehead atoms. The van der Waals surface area contributed by atoms with Crippen molar-refractivity contribution in [2.24, 2.45) is 0 Å². The van der Waals surface area contributed by atoms with Gasteiger partial charge in [0.15, 0.2) is 0 Å². The Hall–Kier alpha value is 0.0100. The van der Waals surface area contributed by atoms with Crippen LogP contribution in [0.4, 0.5) is 0 Å². The van der Waals surface area contributed by atoms with Crippen LogP contribution >= 0.6 is 11.8 Å². The van der Waals surface area contributed by atoms with Crippen molar-refractivity contribution in [3.63, 3.8) is 0 Å². The molecule has 0 heterocycles. The molecule has 0 aromatic heterocycles. The van der Waals surface area contributed by atoms with Gasteiger partial charge in [-0.15, -0.1) is 11.8 Å². The van der Waals surface area contributed by atoms with Crippen LogP contribution in [0.5, 0.6) is 0 Å². The molecule has 0 aromatic rings. The zero-order valence-corrected chi connectivity index (χ0v) is 9.75. The lowest BCUT2D eigenvalue weighted by Gasteiger charge is -2.05. The number of ether oxygens (including phenoxy) is 1. The van der Waals surface area contributed by atoms with Crippen molar-refractivity contribution in [3.8, 4) is 0 Å². The van der Waals surface area contributed by atoms with Crippen LogP contribution in [0.3, 0.4) is 0 Å². The van der Waals surface area contributed by atoms with Gasteiger partial charge in [-0.2, -0.15) is 0 Å². The van der Waals surface area contributed by atoms with Crippen molar-refractivity contribution in [2.45, 2.75) is 19.8 Å². The van der Waals surface area contributed by atoms with E-state index in [0.717, 1.165) is 32.6 Å². The lowest BCUT2D eigenvalue weighted by molar-refractivity contribution is 0.136. The van der Waals surface area contributed by atoms with Gasteiger partial charge >= 0.3 is 0 Å². The van der Waals surface area contributed by atoms with E-state index in [4.69, 9.17) is 4.74 Å². The van der Waals surface area contributed by atoms with Crippen LogP contribution in [0, 0.1) is 0 Å². The normalized spacial score (nSPS) is 12.1. The topological polar surface area (TPSA) is 21.3 Å². The number of allylic oxidation sites excluding steroid dienone is 1. The van der Waals surface area contributed by atoms with Gasteiger partial charge in [0.1, 0.15) is 0 Å². The Morgan fingerprint density at radius 2 is 2.23 bits per heavy atom. The molecule has 0 atom stereocenters. The molecule has 1 N–H and O–H groups in total. The van der Waals surface area contributed by atoms with Crippen LogP contribution in [0.15, 0.2) is 11.0 Å². The van der Waals surface area contributed by atoms with Gasteiger partial charge < -0.3 is 10.1 Å². The standard InChI is InChI=1S/C10H21NOS/c1-4-10(13-3)6-9-12-8-5-7-11-2/h4,11H,5-9H2,1-3H3/b10-4-. The Bertz CT molecular complexity index is 137. The van der Waals surface area contributed by atoms with E-state index in [1.165, 1.54) is 4.91 Å². The Labute approximate surface area is 86.1 Å².